The van der Waals surface area contributed by atoms with Crippen LogP contribution < -0.4 is 0 Å². The maximum absolute atomic E-state index is 5.82. The van der Waals surface area contributed by atoms with Gasteiger partial charge in [-0.1, -0.05) is 25.8 Å². The third-order valence-corrected chi connectivity index (χ3v) is 3.20. The fourth-order valence-corrected chi connectivity index (χ4v) is 1.27. The van der Waals surface area contributed by atoms with E-state index in [9.17, 15) is 0 Å². The second kappa shape index (κ2) is 3.65. The van der Waals surface area contributed by atoms with Gasteiger partial charge < -0.3 is 9.31 Å². The van der Waals surface area contributed by atoms with Gasteiger partial charge in [0.05, 0.1) is 11.2 Å². The molecule has 0 amide bonds. The molecular formula is C12H19BO2. The van der Waals surface area contributed by atoms with Crippen LogP contribution in [0.5, 0.6) is 0 Å². The Hall–Kier alpha value is -0.795. The van der Waals surface area contributed by atoms with Crippen molar-refractivity contribution < 1.29 is 9.31 Å². The Kier molecular flexibility index (Phi) is 2.99. The summed E-state index contributed by atoms with van der Waals surface area (Å²) in [5.41, 5.74) is 0.835. The van der Waals surface area contributed by atoms with Gasteiger partial charge in [-0.15, -0.1) is 0 Å². The van der Waals surface area contributed by atoms with E-state index < -0.39 is 7.12 Å². The van der Waals surface area contributed by atoms with Crippen molar-refractivity contribution in [2.24, 2.45) is 0 Å². The fourth-order valence-electron chi connectivity index (χ4n) is 1.27. The predicted octanol–water partition coefficient (Wildman–Crippen LogP) is 2.92. The molecule has 2 nitrogen and oxygen atoms in total. The molecule has 0 spiro atoms. The number of hydrogen-bond donors (Lipinski definition) is 0. The van der Waals surface area contributed by atoms with Crippen molar-refractivity contribution in [3.8, 4) is 0 Å². The quantitative estimate of drug-likeness (QED) is 0.522. The number of hydrogen-bond acceptors (Lipinski definition) is 2. The largest absolute Gasteiger partial charge is 0.494 e. The Balaban J connectivity index is 2.84. The molecule has 0 saturated carbocycles. The van der Waals surface area contributed by atoms with E-state index in [1.54, 1.807) is 6.08 Å². The second-order valence-electron chi connectivity index (χ2n) is 4.84. The topological polar surface area (TPSA) is 18.5 Å². The van der Waals surface area contributed by atoms with Gasteiger partial charge in [-0.25, -0.2) is 0 Å². The van der Waals surface area contributed by atoms with Crippen LogP contribution >= 0.6 is 0 Å². The van der Waals surface area contributed by atoms with Crippen LogP contribution in [0, 0.1) is 0 Å². The minimum Gasteiger partial charge on any atom is -0.399 e. The zero-order chi connectivity index (χ0) is 11.9. The summed E-state index contributed by atoms with van der Waals surface area (Å²) in [6.45, 7) is 19.5. The molecule has 0 aromatic heterocycles. The summed E-state index contributed by atoms with van der Waals surface area (Å²) in [4.78, 5) is 0. The SMILES string of the molecule is C=CC(=C)C(=C)B1OC(C)(C)C(C)(C)O1. The van der Waals surface area contributed by atoms with Gasteiger partial charge in [-0.05, 0) is 38.7 Å². The molecule has 0 aromatic carbocycles. The number of rotatable bonds is 3. The maximum Gasteiger partial charge on any atom is 0.494 e. The Morgan fingerprint density at radius 2 is 1.47 bits per heavy atom. The van der Waals surface area contributed by atoms with Gasteiger partial charge in [-0.3, -0.25) is 0 Å². The molecule has 1 heterocycles. The van der Waals surface area contributed by atoms with Gasteiger partial charge >= 0.3 is 7.12 Å². The van der Waals surface area contributed by atoms with Crippen molar-refractivity contribution in [3.63, 3.8) is 0 Å². The third kappa shape index (κ3) is 2.08. The predicted molar refractivity (Wildman–Crippen MR) is 64.6 cm³/mol. The highest BCUT2D eigenvalue weighted by Crippen LogP contribution is 2.39. The Morgan fingerprint density at radius 3 is 1.80 bits per heavy atom. The van der Waals surface area contributed by atoms with E-state index in [2.05, 4.69) is 19.7 Å². The lowest BCUT2D eigenvalue weighted by Gasteiger charge is -2.32. The highest BCUT2D eigenvalue weighted by Gasteiger charge is 2.52. The highest BCUT2D eigenvalue weighted by atomic mass is 16.7. The summed E-state index contributed by atoms with van der Waals surface area (Å²) in [6, 6.07) is 0. The van der Waals surface area contributed by atoms with E-state index in [0.717, 1.165) is 11.0 Å². The van der Waals surface area contributed by atoms with Crippen LogP contribution in [0.25, 0.3) is 0 Å². The van der Waals surface area contributed by atoms with Crippen molar-refractivity contribution in [3.05, 3.63) is 36.9 Å². The summed E-state index contributed by atoms with van der Waals surface area (Å²) in [7, 11) is -0.416. The molecule has 0 unspecified atom stereocenters. The highest BCUT2D eigenvalue weighted by molar-refractivity contribution is 6.56. The zero-order valence-electron chi connectivity index (χ0n) is 10.1. The van der Waals surface area contributed by atoms with Crippen molar-refractivity contribution >= 4 is 7.12 Å². The molecule has 0 bridgehead atoms. The molecular weight excluding hydrogens is 187 g/mol. The normalized spacial score (nSPS) is 22.5. The smallest absolute Gasteiger partial charge is 0.399 e. The molecule has 1 fully saturated rings. The van der Waals surface area contributed by atoms with E-state index in [0.29, 0.717) is 0 Å². The maximum atomic E-state index is 5.82. The standard InChI is InChI=1S/C12H19BO2/c1-8-9(2)10(3)13-14-11(4,5)12(6,7)15-13/h8H,1-3H2,4-7H3. The third-order valence-electron chi connectivity index (χ3n) is 3.20. The summed E-state index contributed by atoms with van der Waals surface area (Å²) in [5, 5.41) is 0. The minimum absolute atomic E-state index is 0.331. The summed E-state index contributed by atoms with van der Waals surface area (Å²) in [5.74, 6) is 0. The van der Waals surface area contributed by atoms with Gasteiger partial charge in [0.25, 0.3) is 0 Å². The Labute approximate surface area is 92.8 Å². The monoisotopic (exact) mass is 206 g/mol. The van der Waals surface area contributed by atoms with E-state index in [4.69, 9.17) is 9.31 Å². The Morgan fingerprint density at radius 1 is 1.07 bits per heavy atom. The van der Waals surface area contributed by atoms with Crippen LogP contribution in [0.2, 0.25) is 0 Å². The molecule has 0 aliphatic carbocycles. The van der Waals surface area contributed by atoms with E-state index >= 15 is 0 Å². The van der Waals surface area contributed by atoms with Crippen LogP contribution in [0.15, 0.2) is 36.9 Å². The first-order valence-electron chi connectivity index (χ1n) is 5.07. The molecule has 1 aliphatic heterocycles. The first kappa shape index (κ1) is 12.3. The molecule has 15 heavy (non-hydrogen) atoms. The average Bonchev–Trinajstić information content (AvgIpc) is 2.33. The Bertz CT molecular complexity index is 300. The molecule has 0 atom stereocenters. The zero-order valence-corrected chi connectivity index (χ0v) is 10.1. The molecule has 1 rings (SSSR count). The number of allylic oxidation sites excluding steroid dienone is 3. The second-order valence-corrected chi connectivity index (χ2v) is 4.84. The van der Waals surface area contributed by atoms with E-state index in [-0.39, 0.29) is 11.2 Å². The summed E-state index contributed by atoms with van der Waals surface area (Å²) >= 11 is 0. The first-order valence-corrected chi connectivity index (χ1v) is 5.07. The van der Waals surface area contributed by atoms with Gasteiger partial charge in [0.2, 0.25) is 0 Å². The molecule has 1 saturated heterocycles. The molecule has 82 valence electrons. The van der Waals surface area contributed by atoms with Gasteiger partial charge in [0.1, 0.15) is 0 Å². The average molecular weight is 206 g/mol. The molecule has 3 heteroatoms. The van der Waals surface area contributed by atoms with Crippen molar-refractivity contribution in [2.75, 3.05) is 0 Å². The lowest BCUT2D eigenvalue weighted by molar-refractivity contribution is 0.00578. The van der Waals surface area contributed by atoms with Gasteiger partial charge in [0, 0.05) is 0 Å². The van der Waals surface area contributed by atoms with Crippen molar-refractivity contribution in [2.45, 2.75) is 38.9 Å². The molecule has 0 N–H and O–H groups in total. The van der Waals surface area contributed by atoms with Crippen LogP contribution in [0.3, 0.4) is 0 Å². The van der Waals surface area contributed by atoms with E-state index in [1.807, 2.05) is 27.7 Å². The van der Waals surface area contributed by atoms with E-state index in [1.165, 1.54) is 0 Å². The fraction of sp³-hybridized carbons (Fsp3) is 0.500. The lowest BCUT2D eigenvalue weighted by atomic mass is 9.75. The van der Waals surface area contributed by atoms with Crippen LogP contribution in [-0.4, -0.2) is 18.3 Å². The molecule has 0 radical (unpaired) electrons. The minimum atomic E-state index is -0.416. The van der Waals surface area contributed by atoms with Gasteiger partial charge in [-0.2, -0.15) is 0 Å². The van der Waals surface area contributed by atoms with Crippen LogP contribution in [0.4, 0.5) is 0 Å². The lowest BCUT2D eigenvalue weighted by Crippen LogP contribution is -2.41. The van der Waals surface area contributed by atoms with Crippen molar-refractivity contribution in [1.29, 1.82) is 0 Å². The van der Waals surface area contributed by atoms with Gasteiger partial charge in [0.15, 0.2) is 0 Å². The van der Waals surface area contributed by atoms with Crippen LogP contribution in [-0.2, 0) is 9.31 Å². The summed E-state index contributed by atoms with van der Waals surface area (Å²) < 4.78 is 11.6. The van der Waals surface area contributed by atoms with Crippen LogP contribution in [0.1, 0.15) is 27.7 Å². The molecule has 0 aromatic rings. The first-order chi connectivity index (χ1) is 6.71. The molecule has 1 aliphatic rings. The van der Waals surface area contributed by atoms with Crippen molar-refractivity contribution in [1.82, 2.24) is 0 Å². The summed E-state index contributed by atoms with van der Waals surface area (Å²) in [6.07, 6.45) is 1.66.